The van der Waals surface area contributed by atoms with Gasteiger partial charge < -0.3 is 0 Å². The SMILES string of the molecule is C[Si](C)(C)C#Cc1cccc(CN2CCCC2)c1. The minimum absolute atomic E-state index is 1.09. The molecule has 96 valence electrons. The van der Waals surface area contributed by atoms with Crippen molar-refractivity contribution in [2.24, 2.45) is 0 Å². The lowest BCUT2D eigenvalue weighted by atomic mass is 10.1. The Bertz CT molecular complexity index is 456. The number of rotatable bonds is 2. The summed E-state index contributed by atoms with van der Waals surface area (Å²) in [6, 6.07) is 8.74. The zero-order valence-corrected chi connectivity index (χ0v) is 12.8. The monoisotopic (exact) mass is 257 g/mol. The van der Waals surface area contributed by atoms with Crippen LogP contribution >= 0.6 is 0 Å². The predicted octanol–water partition coefficient (Wildman–Crippen LogP) is 3.51. The molecule has 0 N–H and O–H groups in total. The third kappa shape index (κ3) is 4.32. The first kappa shape index (κ1) is 13.4. The molecule has 0 atom stereocenters. The van der Waals surface area contributed by atoms with Crippen LogP contribution in [0.3, 0.4) is 0 Å². The molecule has 2 rings (SSSR count). The topological polar surface area (TPSA) is 3.24 Å². The van der Waals surface area contributed by atoms with E-state index in [-0.39, 0.29) is 0 Å². The summed E-state index contributed by atoms with van der Waals surface area (Å²) in [5, 5.41) is 0. The molecule has 0 amide bonds. The van der Waals surface area contributed by atoms with Gasteiger partial charge in [-0.25, -0.2) is 0 Å². The Kier molecular flexibility index (Phi) is 4.26. The standard InChI is InChI=1S/C16H23NSi/c1-18(2,3)12-9-15-7-6-8-16(13-15)14-17-10-4-5-11-17/h6-8,13H,4-5,10-11,14H2,1-3H3. The number of hydrogen-bond acceptors (Lipinski definition) is 1. The molecule has 1 heterocycles. The number of likely N-dealkylation sites (tertiary alicyclic amines) is 1. The Morgan fingerprint density at radius 3 is 2.56 bits per heavy atom. The zero-order valence-electron chi connectivity index (χ0n) is 11.8. The quantitative estimate of drug-likeness (QED) is 0.579. The molecule has 0 bridgehead atoms. The second kappa shape index (κ2) is 5.73. The molecule has 0 radical (unpaired) electrons. The molecule has 2 heteroatoms. The lowest BCUT2D eigenvalue weighted by Gasteiger charge is -2.14. The van der Waals surface area contributed by atoms with Crippen molar-refractivity contribution in [1.29, 1.82) is 0 Å². The fourth-order valence-electron chi connectivity index (χ4n) is 2.21. The minimum Gasteiger partial charge on any atom is -0.299 e. The van der Waals surface area contributed by atoms with Crippen molar-refractivity contribution in [3.63, 3.8) is 0 Å². The van der Waals surface area contributed by atoms with Crippen LogP contribution in [0.5, 0.6) is 0 Å². The Labute approximate surface area is 112 Å². The lowest BCUT2D eigenvalue weighted by Crippen LogP contribution is -2.18. The molecular weight excluding hydrogens is 234 g/mol. The highest BCUT2D eigenvalue weighted by Crippen LogP contribution is 2.13. The van der Waals surface area contributed by atoms with Gasteiger partial charge in [0.05, 0.1) is 0 Å². The molecule has 0 aromatic heterocycles. The summed E-state index contributed by atoms with van der Waals surface area (Å²) < 4.78 is 0. The molecule has 0 aliphatic carbocycles. The van der Waals surface area contributed by atoms with Gasteiger partial charge in [-0.1, -0.05) is 37.7 Å². The van der Waals surface area contributed by atoms with E-state index in [2.05, 4.69) is 60.3 Å². The van der Waals surface area contributed by atoms with E-state index in [4.69, 9.17) is 0 Å². The molecule has 1 saturated heterocycles. The molecule has 0 unspecified atom stereocenters. The van der Waals surface area contributed by atoms with Gasteiger partial charge in [0.25, 0.3) is 0 Å². The fourth-order valence-corrected chi connectivity index (χ4v) is 2.73. The van der Waals surface area contributed by atoms with Gasteiger partial charge in [-0.05, 0) is 43.6 Å². The number of nitrogens with zero attached hydrogens (tertiary/aromatic N) is 1. The largest absolute Gasteiger partial charge is 0.299 e. The summed E-state index contributed by atoms with van der Waals surface area (Å²) in [7, 11) is -1.26. The smallest absolute Gasteiger partial charge is 0.129 e. The van der Waals surface area contributed by atoms with Gasteiger partial charge in [-0.3, -0.25) is 4.90 Å². The Morgan fingerprint density at radius 1 is 1.17 bits per heavy atom. The number of hydrogen-bond donors (Lipinski definition) is 0. The van der Waals surface area contributed by atoms with Crippen LogP contribution in [-0.2, 0) is 6.54 Å². The van der Waals surface area contributed by atoms with Crippen molar-refractivity contribution < 1.29 is 0 Å². The van der Waals surface area contributed by atoms with Crippen molar-refractivity contribution >= 4 is 8.07 Å². The Morgan fingerprint density at radius 2 is 1.89 bits per heavy atom. The highest BCUT2D eigenvalue weighted by atomic mass is 28.3. The lowest BCUT2D eigenvalue weighted by molar-refractivity contribution is 0.331. The first-order valence-electron chi connectivity index (χ1n) is 6.87. The van der Waals surface area contributed by atoms with Crippen LogP contribution in [0.25, 0.3) is 0 Å². The second-order valence-electron chi connectivity index (χ2n) is 6.18. The highest BCUT2D eigenvalue weighted by Gasteiger charge is 2.11. The summed E-state index contributed by atoms with van der Waals surface area (Å²) in [4.78, 5) is 2.53. The average Bonchev–Trinajstić information content (AvgIpc) is 2.79. The van der Waals surface area contributed by atoms with Crippen molar-refractivity contribution in [1.82, 2.24) is 4.90 Å². The molecule has 0 saturated carbocycles. The summed E-state index contributed by atoms with van der Waals surface area (Å²) in [6.45, 7) is 10.5. The third-order valence-corrected chi connectivity index (χ3v) is 3.99. The van der Waals surface area contributed by atoms with Crippen LogP contribution in [0.2, 0.25) is 19.6 Å². The van der Waals surface area contributed by atoms with Gasteiger partial charge in [0.2, 0.25) is 0 Å². The molecule has 1 aliphatic rings. The second-order valence-corrected chi connectivity index (χ2v) is 10.9. The average molecular weight is 257 g/mol. The van der Waals surface area contributed by atoms with Crippen LogP contribution in [0.4, 0.5) is 0 Å². The Balaban J connectivity index is 2.06. The van der Waals surface area contributed by atoms with E-state index >= 15 is 0 Å². The maximum Gasteiger partial charge on any atom is 0.129 e. The molecule has 1 aromatic carbocycles. The molecule has 18 heavy (non-hydrogen) atoms. The van der Waals surface area contributed by atoms with Gasteiger partial charge in [-0.15, -0.1) is 5.54 Å². The molecule has 1 aliphatic heterocycles. The zero-order chi connectivity index (χ0) is 13.0. The van der Waals surface area contributed by atoms with E-state index in [1.807, 2.05) is 0 Å². The van der Waals surface area contributed by atoms with Gasteiger partial charge in [0, 0.05) is 12.1 Å². The minimum atomic E-state index is -1.26. The van der Waals surface area contributed by atoms with Crippen LogP contribution in [0, 0.1) is 11.5 Å². The summed E-state index contributed by atoms with van der Waals surface area (Å²) in [6.07, 6.45) is 2.71. The van der Waals surface area contributed by atoms with Crippen molar-refractivity contribution in [2.75, 3.05) is 13.1 Å². The van der Waals surface area contributed by atoms with Gasteiger partial charge in [0.1, 0.15) is 8.07 Å². The van der Waals surface area contributed by atoms with Crippen molar-refractivity contribution in [3.05, 3.63) is 35.4 Å². The predicted molar refractivity (Wildman–Crippen MR) is 81.2 cm³/mol. The first-order chi connectivity index (χ1) is 8.53. The maximum atomic E-state index is 3.43. The van der Waals surface area contributed by atoms with Gasteiger partial charge >= 0.3 is 0 Å². The molecule has 1 fully saturated rings. The van der Waals surface area contributed by atoms with E-state index < -0.39 is 8.07 Å². The normalized spacial score (nSPS) is 16.4. The molecule has 1 nitrogen and oxygen atoms in total. The van der Waals surface area contributed by atoms with E-state index in [0.717, 1.165) is 6.54 Å². The number of benzene rings is 1. The van der Waals surface area contributed by atoms with Crippen LogP contribution < -0.4 is 0 Å². The first-order valence-corrected chi connectivity index (χ1v) is 10.4. The van der Waals surface area contributed by atoms with Crippen LogP contribution in [0.15, 0.2) is 24.3 Å². The van der Waals surface area contributed by atoms with Crippen molar-refractivity contribution in [2.45, 2.75) is 39.0 Å². The van der Waals surface area contributed by atoms with E-state index in [1.165, 1.54) is 37.1 Å². The maximum absolute atomic E-state index is 3.43. The summed E-state index contributed by atoms with van der Waals surface area (Å²) in [5.41, 5.74) is 6.01. The summed E-state index contributed by atoms with van der Waals surface area (Å²) >= 11 is 0. The fraction of sp³-hybridized carbons (Fsp3) is 0.500. The highest BCUT2D eigenvalue weighted by molar-refractivity contribution is 6.83. The van der Waals surface area contributed by atoms with E-state index in [0.29, 0.717) is 0 Å². The van der Waals surface area contributed by atoms with Crippen LogP contribution in [-0.4, -0.2) is 26.1 Å². The molecule has 0 spiro atoms. The van der Waals surface area contributed by atoms with E-state index in [9.17, 15) is 0 Å². The summed E-state index contributed by atoms with van der Waals surface area (Å²) in [5.74, 6) is 3.34. The molecule has 1 aromatic rings. The third-order valence-electron chi connectivity index (χ3n) is 3.11. The van der Waals surface area contributed by atoms with Gasteiger partial charge in [0.15, 0.2) is 0 Å². The Hall–Kier alpha value is -1.04. The van der Waals surface area contributed by atoms with E-state index in [1.54, 1.807) is 0 Å². The molecular formula is C16H23NSi. The van der Waals surface area contributed by atoms with Gasteiger partial charge in [-0.2, -0.15) is 0 Å². The van der Waals surface area contributed by atoms with Crippen LogP contribution in [0.1, 0.15) is 24.0 Å². The van der Waals surface area contributed by atoms with Crippen molar-refractivity contribution in [3.8, 4) is 11.5 Å².